The van der Waals surface area contributed by atoms with E-state index in [1.165, 1.54) is 33.6 Å². The minimum atomic E-state index is -0.607. The number of methoxy groups -OCH3 is 3. The molecule has 0 unspecified atom stereocenters. The molecule has 0 saturated carbocycles. The maximum Gasteiger partial charge on any atom is 0.343 e. The van der Waals surface area contributed by atoms with Gasteiger partial charge >= 0.3 is 5.97 Å². The number of hydrazone groups is 1. The Morgan fingerprint density at radius 1 is 0.868 bits per heavy atom. The fourth-order valence-electron chi connectivity index (χ4n) is 3.24. The number of nitrogens with one attached hydrogen (secondary N) is 2. The Morgan fingerprint density at radius 3 is 2.26 bits per heavy atom. The summed E-state index contributed by atoms with van der Waals surface area (Å²) in [5.74, 6) is 0.119. The van der Waals surface area contributed by atoms with Crippen molar-refractivity contribution in [2.75, 3.05) is 27.9 Å². The topological polar surface area (TPSA) is 125 Å². The summed E-state index contributed by atoms with van der Waals surface area (Å²) in [7, 11) is 4.42. The number of nitrogens with zero attached hydrogens (tertiary/aromatic N) is 1. The largest absolute Gasteiger partial charge is 0.493 e. The minimum Gasteiger partial charge on any atom is -0.493 e. The van der Waals surface area contributed by atoms with E-state index in [2.05, 4.69) is 31.8 Å². The van der Waals surface area contributed by atoms with E-state index < -0.39 is 5.97 Å². The molecule has 3 aromatic rings. The van der Waals surface area contributed by atoms with Gasteiger partial charge in [0, 0.05) is 17.4 Å². The van der Waals surface area contributed by atoms with Gasteiger partial charge in [-0.2, -0.15) is 5.10 Å². The van der Waals surface area contributed by atoms with Crippen LogP contribution in [0.3, 0.4) is 0 Å². The molecular formula is C27H26BrN3O7. The van der Waals surface area contributed by atoms with Crippen molar-refractivity contribution in [1.29, 1.82) is 0 Å². The van der Waals surface area contributed by atoms with Gasteiger partial charge < -0.3 is 24.3 Å². The third kappa shape index (κ3) is 7.56. The number of hydrogen-bond acceptors (Lipinski definition) is 8. The van der Waals surface area contributed by atoms with E-state index in [1.807, 2.05) is 6.07 Å². The van der Waals surface area contributed by atoms with Gasteiger partial charge in [-0.25, -0.2) is 10.2 Å². The fraction of sp³-hybridized carbons (Fsp3) is 0.185. The van der Waals surface area contributed by atoms with Crippen molar-refractivity contribution in [3.05, 3.63) is 81.8 Å². The molecule has 10 nitrogen and oxygen atoms in total. The molecule has 3 aromatic carbocycles. The van der Waals surface area contributed by atoms with Crippen LogP contribution in [0.15, 0.2) is 70.2 Å². The first-order valence-electron chi connectivity index (χ1n) is 11.3. The first-order chi connectivity index (χ1) is 18.4. The van der Waals surface area contributed by atoms with Crippen molar-refractivity contribution in [2.24, 2.45) is 5.10 Å². The molecule has 2 amide bonds. The number of amides is 2. The van der Waals surface area contributed by atoms with Gasteiger partial charge in [0.2, 0.25) is 5.91 Å². The van der Waals surface area contributed by atoms with Gasteiger partial charge in [0.05, 0.1) is 38.7 Å². The summed E-state index contributed by atoms with van der Waals surface area (Å²) < 4.78 is 21.9. The summed E-state index contributed by atoms with van der Waals surface area (Å²) in [5.41, 5.74) is 3.75. The first-order valence-corrected chi connectivity index (χ1v) is 12.1. The van der Waals surface area contributed by atoms with Crippen molar-refractivity contribution in [3.63, 3.8) is 0 Å². The standard InChI is InChI=1S/C27H26BrN3O7/c1-35-21-11-9-18(15-24(21)37-3)27(34)38-22-10-8-17(14-23(22)36-2)16-30-31-25(32)12-13-29-26(33)19-6-4-5-7-20(19)28/h4-11,14-16H,12-13H2,1-3H3,(H,29,33)(H,31,32). The number of halogens is 1. The quantitative estimate of drug-likeness (QED) is 0.151. The molecule has 2 N–H and O–H groups in total. The normalized spacial score (nSPS) is 10.5. The molecule has 0 saturated heterocycles. The number of ether oxygens (including phenoxy) is 4. The second-order valence-corrected chi connectivity index (χ2v) is 8.50. The Morgan fingerprint density at radius 2 is 1.55 bits per heavy atom. The number of benzene rings is 3. The van der Waals surface area contributed by atoms with Crippen LogP contribution in [-0.2, 0) is 4.79 Å². The molecule has 0 bridgehead atoms. The summed E-state index contributed by atoms with van der Waals surface area (Å²) in [6.07, 6.45) is 1.46. The predicted octanol–water partition coefficient (Wildman–Crippen LogP) is 3.96. The second-order valence-electron chi connectivity index (χ2n) is 7.65. The molecule has 0 aromatic heterocycles. The molecular weight excluding hydrogens is 558 g/mol. The molecule has 11 heteroatoms. The minimum absolute atomic E-state index is 0.0435. The Hall–Kier alpha value is -4.38. The highest BCUT2D eigenvalue weighted by Gasteiger charge is 2.16. The SMILES string of the molecule is COc1ccc(C(=O)Oc2ccc(C=NNC(=O)CCNC(=O)c3ccccc3Br)cc2OC)cc1OC. The lowest BCUT2D eigenvalue weighted by molar-refractivity contribution is -0.120. The van der Waals surface area contributed by atoms with Crippen molar-refractivity contribution in [3.8, 4) is 23.0 Å². The van der Waals surface area contributed by atoms with E-state index in [1.54, 1.807) is 48.5 Å². The zero-order valence-electron chi connectivity index (χ0n) is 20.9. The molecule has 0 aliphatic rings. The third-order valence-electron chi connectivity index (χ3n) is 5.17. The van der Waals surface area contributed by atoms with Crippen LogP contribution in [0, 0.1) is 0 Å². The van der Waals surface area contributed by atoms with Crippen LogP contribution in [0.1, 0.15) is 32.7 Å². The Kier molecular flexibility index (Phi) is 10.2. The fourth-order valence-corrected chi connectivity index (χ4v) is 3.70. The van der Waals surface area contributed by atoms with Gasteiger partial charge in [0.1, 0.15) is 0 Å². The lowest BCUT2D eigenvalue weighted by Gasteiger charge is -2.11. The summed E-state index contributed by atoms with van der Waals surface area (Å²) >= 11 is 3.32. The van der Waals surface area contributed by atoms with Crippen LogP contribution in [0.25, 0.3) is 0 Å². The highest BCUT2D eigenvalue weighted by molar-refractivity contribution is 9.10. The van der Waals surface area contributed by atoms with Crippen molar-refractivity contribution in [2.45, 2.75) is 6.42 Å². The maximum absolute atomic E-state index is 12.6. The van der Waals surface area contributed by atoms with E-state index in [0.29, 0.717) is 32.8 Å². The van der Waals surface area contributed by atoms with Gasteiger partial charge in [-0.1, -0.05) is 12.1 Å². The maximum atomic E-state index is 12.6. The van der Waals surface area contributed by atoms with Crippen LogP contribution < -0.4 is 29.7 Å². The van der Waals surface area contributed by atoms with E-state index >= 15 is 0 Å². The van der Waals surface area contributed by atoms with E-state index in [-0.39, 0.29) is 36.1 Å². The van der Waals surface area contributed by atoms with Crippen molar-refractivity contribution in [1.82, 2.24) is 10.7 Å². The van der Waals surface area contributed by atoms with Gasteiger partial charge in [-0.05, 0) is 70.0 Å². The molecule has 0 aliphatic heterocycles. The van der Waals surface area contributed by atoms with Crippen molar-refractivity contribution >= 4 is 39.9 Å². The predicted molar refractivity (Wildman–Crippen MR) is 144 cm³/mol. The monoisotopic (exact) mass is 583 g/mol. The van der Waals surface area contributed by atoms with E-state index in [9.17, 15) is 14.4 Å². The average molecular weight is 584 g/mol. The highest BCUT2D eigenvalue weighted by atomic mass is 79.9. The number of esters is 1. The van der Waals surface area contributed by atoms with E-state index in [0.717, 1.165) is 0 Å². The number of carbonyl (C=O) groups excluding carboxylic acids is 3. The number of hydrogen-bond donors (Lipinski definition) is 2. The zero-order chi connectivity index (χ0) is 27.5. The van der Waals surface area contributed by atoms with Crippen LogP contribution in [0.2, 0.25) is 0 Å². The molecule has 0 radical (unpaired) electrons. The summed E-state index contributed by atoms with van der Waals surface area (Å²) in [4.78, 5) is 36.9. The van der Waals surface area contributed by atoms with Crippen molar-refractivity contribution < 1.29 is 33.3 Å². The zero-order valence-corrected chi connectivity index (χ0v) is 22.5. The van der Waals surface area contributed by atoms with Gasteiger partial charge in [-0.3, -0.25) is 9.59 Å². The molecule has 0 spiro atoms. The second kappa shape index (κ2) is 13.8. The molecule has 0 atom stereocenters. The van der Waals surface area contributed by atoms with Gasteiger partial charge in [-0.15, -0.1) is 0 Å². The molecule has 3 rings (SSSR count). The Balaban J connectivity index is 1.53. The number of carbonyl (C=O) groups is 3. The smallest absolute Gasteiger partial charge is 0.343 e. The summed E-state index contributed by atoms with van der Waals surface area (Å²) in [5, 5.41) is 6.61. The molecule has 0 fully saturated rings. The van der Waals surface area contributed by atoms with Crippen LogP contribution in [0.4, 0.5) is 0 Å². The summed E-state index contributed by atoms with van der Waals surface area (Å²) in [6, 6.07) is 16.5. The molecule has 0 heterocycles. The lowest BCUT2D eigenvalue weighted by Crippen LogP contribution is -2.29. The van der Waals surface area contributed by atoms with Crippen LogP contribution >= 0.6 is 15.9 Å². The molecule has 0 aliphatic carbocycles. The third-order valence-corrected chi connectivity index (χ3v) is 5.86. The van der Waals surface area contributed by atoms with Gasteiger partial charge in [0.25, 0.3) is 5.91 Å². The van der Waals surface area contributed by atoms with Gasteiger partial charge in [0.15, 0.2) is 23.0 Å². The average Bonchev–Trinajstić information content (AvgIpc) is 2.93. The number of rotatable bonds is 11. The Labute approximate surface area is 228 Å². The van der Waals surface area contributed by atoms with E-state index in [4.69, 9.17) is 18.9 Å². The lowest BCUT2D eigenvalue weighted by atomic mass is 10.2. The molecule has 198 valence electrons. The van der Waals surface area contributed by atoms with Crippen LogP contribution in [0.5, 0.6) is 23.0 Å². The van der Waals surface area contributed by atoms with Crippen LogP contribution in [-0.4, -0.2) is 51.9 Å². The first kappa shape index (κ1) is 28.2. The summed E-state index contributed by atoms with van der Waals surface area (Å²) in [6.45, 7) is 0.148. The molecule has 38 heavy (non-hydrogen) atoms. The Bertz CT molecular complexity index is 1340. The highest BCUT2D eigenvalue weighted by Crippen LogP contribution is 2.31.